The standard InChI is InChI=1S/C24H28N2OS/c1-15-8-9-18(14-16(15)2)21(27)26-22(28)20(25-24(26,6)7)17-10-12-19(13-11-17)23(3,4)5/h8-14H,1-7H3. The molecule has 1 heterocycles. The van der Waals surface area contributed by atoms with E-state index in [0.717, 1.165) is 16.7 Å². The number of benzene rings is 2. The fraction of sp³-hybridized carbons (Fsp3) is 0.375. The molecule has 0 unspecified atom stereocenters. The van der Waals surface area contributed by atoms with E-state index in [2.05, 4.69) is 32.9 Å². The molecule has 0 spiro atoms. The van der Waals surface area contributed by atoms with E-state index in [9.17, 15) is 4.79 Å². The molecule has 4 heteroatoms. The maximum atomic E-state index is 13.3. The third kappa shape index (κ3) is 3.66. The van der Waals surface area contributed by atoms with Gasteiger partial charge in [0.25, 0.3) is 5.91 Å². The second-order valence-corrected chi connectivity index (χ2v) is 9.41. The van der Waals surface area contributed by atoms with Crippen molar-refractivity contribution >= 4 is 28.8 Å². The molecule has 1 amide bonds. The van der Waals surface area contributed by atoms with Crippen molar-refractivity contribution in [2.45, 2.75) is 59.5 Å². The van der Waals surface area contributed by atoms with Crippen molar-refractivity contribution in [2.75, 3.05) is 0 Å². The second kappa shape index (κ2) is 6.93. The second-order valence-electron chi connectivity index (χ2n) is 9.03. The summed E-state index contributed by atoms with van der Waals surface area (Å²) in [5.41, 5.74) is 5.16. The van der Waals surface area contributed by atoms with Gasteiger partial charge in [-0.3, -0.25) is 14.7 Å². The Morgan fingerprint density at radius 3 is 2.14 bits per heavy atom. The third-order valence-corrected chi connectivity index (χ3v) is 5.70. The summed E-state index contributed by atoms with van der Waals surface area (Å²) in [6, 6.07) is 14.1. The van der Waals surface area contributed by atoms with E-state index < -0.39 is 5.66 Å². The Morgan fingerprint density at radius 1 is 1.00 bits per heavy atom. The van der Waals surface area contributed by atoms with E-state index in [1.54, 1.807) is 4.90 Å². The number of thiocarbonyl (C=S) groups is 1. The fourth-order valence-electron chi connectivity index (χ4n) is 3.39. The van der Waals surface area contributed by atoms with Crippen LogP contribution in [0.1, 0.15) is 67.2 Å². The number of rotatable bonds is 2. The van der Waals surface area contributed by atoms with Gasteiger partial charge in [0.15, 0.2) is 0 Å². The lowest BCUT2D eigenvalue weighted by atomic mass is 9.86. The molecule has 0 radical (unpaired) electrons. The van der Waals surface area contributed by atoms with Crippen molar-refractivity contribution in [1.82, 2.24) is 4.90 Å². The number of aliphatic imine (C=N–C) groups is 1. The Kier molecular flexibility index (Phi) is 5.05. The predicted octanol–water partition coefficient (Wildman–Crippen LogP) is 5.61. The maximum Gasteiger partial charge on any atom is 0.260 e. The number of carbonyl (C=O) groups excluding carboxylic acids is 1. The number of aryl methyl sites for hydroxylation is 2. The first-order chi connectivity index (χ1) is 12.9. The Hall–Kier alpha value is -2.33. The highest BCUT2D eigenvalue weighted by atomic mass is 32.1. The molecule has 0 N–H and O–H groups in total. The van der Waals surface area contributed by atoms with Gasteiger partial charge in [0, 0.05) is 11.1 Å². The average molecular weight is 393 g/mol. The minimum absolute atomic E-state index is 0.0844. The van der Waals surface area contributed by atoms with Crippen molar-refractivity contribution in [3.8, 4) is 0 Å². The van der Waals surface area contributed by atoms with Gasteiger partial charge in [0.1, 0.15) is 16.4 Å². The molecular weight excluding hydrogens is 364 g/mol. The van der Waals surface area contributed by atoms with Crippen LogP contribution < -0.4 is 0 Å². The minimum atomic E-state index is -0.717. The third-order valence-electron chi connectivity index (χ3n) is 5.32. The molecule has 1 aliphatic rings. The zero-order chi connectivity index (χ0) is 20.9. The zero-order valence-corrected chi connectivity index (χ0v) is 18.6. The number of hydrogen-bond donors (Lipinski definition) is 0. The molecule has 2 aromatic carbocycles. The summed E-state index contributed by atoms with van der Waals surface area (Å²) < 4.78 is 0. The first-order valence-corrected chi connectivity index (χ1v) is 9.99. The molecule has 0 saturated heterocycles. The first kappa shape index (κ1) is 20.4. The van der Waals surface area contributed by atoms with Gasteiger partial charge in [-0.25, -0.2) is 0 Å². The average Bonchev–Trinajstić information content (AvgIpc) is 2.85. The fourth-order valence-corrected chi connectivity index (χ4v) is 3.86. The molecule has 0 saturated carbocycles. The Labute approximate surface area is 173 Å². The van der Waals surface area contributed by atoms with Gasteiger partial charge in [0.2, 0.25) is 0 Å². The predicted molar refractivity (Wildman–Crippen MR) is 120 cm³/mol. The number of hydrogen-bond acceptors (Lipinski definition) is 3. The summed E-state index contributed by atoms with van der Waals surface area (Å²) >= 11 is 5.71. The molecule has 28 heavy (non-hydrogen) atoms. The van der Waals surface area contributed by atoms with Gasteiger partial charge in [-0.05, 0) is 61.9 Å². The lowest BCUT2D eigenvalue weighted by molar-refractivity contribution is 0.0758. The van der Waals surface area contributed by atoms with Crippen molar-refractivity contribution in [3.05, 3.63) is 70.3 Å². The zero-order valence-electron chi connectivity index (χ0n) is 17.8. The minimum Gasteiger partial charge on any atom is -0.272 e. The van der Waals surface area contributed by atoms with Crippen LogP contribution >= 0.6 is 12.2 Å². The summed E-state index contributed by atoms with van der Waals surface area (Å²) in [5, 5.41) is 0. The lowest BCUT2D eigenvalue weighted by Crippen LogP contribution is -2.46. The van der Waals surface area contributed by atoms with Crippen LogP contribution in [0.2, 0.25) is 0 Å². The van der Waals surface area contributed by atoms with E-state index >= 15 is 0 Å². The number of carbonyl (C=O) groups is 1. The lowest BCUT2D eigenvalue weighted by Gasteiger charge is -2.29. The summed E-state index contributed by atoms with van der Waals surface area (Å²) in [5.74, 6) is -0.108. The summed E-state index contributed by atoms with van der Waals surface area (Å²) in [6.45, 7) is 14.5. The normalized spacial score (nSPS) is 16.3. The van der Waals surface area contributed by atoms with Crippen LogP contribution in [0.3, 0.4) is 0 Å². The van der Waals surface area contributed by atoms with Crippen molar-refractivity contribution in [1.29, 1.82) is 0 Å². The first-order valence-electron chi connectivity index (χ1n) is 9.59. The van der Waals surface area contributed by atoms with Crippen molar-refractivity contribution in [3.63, 3.8) is 0 Å². The van der Waals surface area contributed by atoms with Gasteiger partial charge in [-0.2, -0.15) is 0 Å². The van der Waals surface area contributed by atoms with Crippen LogP contribution in [-0.2, 0) is 5.41 Å². The number of amides is 1. The van der Waals surface area contributed by atoms with Gasteiger partial charge >= 0.3 is 0 Å². The van der Waals surface area contributed by atoms with E-state index in [1.165, 1.54) is 5.56 Å². The van der Waals surface area contributed by atoms with E-state index in [1.807, 2.05) is 58.0 Å². The summed E-state index contributed by atoms with van der Waals surface area (Å²) in [7, 11) is 0. The Bertz CT molecular complexity index is 979. The smallest absolute Gasteiger partial charge is 0.260 e. The Balaban J connectivity index is 1.94. The highest BCUT2D eigenvalue weighted by Crippen LogP contribution is 2.30. The van der Waals surface area contributed by atoms with Gasteiger partial charge in [-0.15, -0.1) is 0 Å². The topological polar surface area (TPSA) is 32.7 Å². The molecule has 3 nitrogen and oxygen atoms in total. The Morgan fingerprint density at radius 2 is 1.61 bits per heavy atom. The van der Waals surface area contributed by atoms with Crippen LogP contribution in [0, 0.1) is 13.8 Å². The highest BCUT2D eigenvalue weighted by Gasteiger charge is 2.42. The monoisotopic (exact) mass is 392 g/mol. The largest absolute Gasteiger partial charge is 0.272 e. The molecule has 0 atom stereocenters. The summed E-state index contributed by atoms with van der Waals surface area (Å²) in [4.78, 5) is 20.2. The van der Waals surface area contributed by atoms with Gasteiger partial charge in [-0.1, -0.05) is 63.3 Å². The molecule has 0 bridgehead atoms. The quantitative estimate of drug-likeness (QED) is 0.622. The molecule has 0 fully saturated rings. The van der Waals surface area contributed by atoms with Gasteiger partial charge in [0.05, 0.1) is 0 Å². The van der Waals surface area contributed by atoms with E-state index in [-0.39, 0.29) is 11.3 Å². The van der Waals surface area contributed by atoms with Crippen molar-refractivity contribution < 1.29 is 4.79 Å². The molecular formula is C24H28N2OS. The van der Waals surface area contributed by atoms with Crippen LogP contribution in [0.25, 0.3) is 0 Å². The highest BCUT2D eigenvalue weighted by molar-refractivity contribution is 7.82. The van der Waals surface area contributed by atoms with Crippen molar-refractivity contribution in [2.24, 2.45) is 4.99 Å². The van der Waals surface area contributed by atoms with Crippen LogP contribution in [-0.4, -0.2) is 27.2 Å². The van der Waals surface area contributed by atoms with Crippen LogP contribution in [0.5, 0.6) is 0 Å². The van der Waals surface area contributed by atoms with E-state index in [4.69, 9.17) is 17.2 Å². The molecule has 0 aromatic heterocycles. The molecule has 2 aromatic rings. The molecule has 146 valence electrons. The number of nitrogens with zero attached hydrogens (tertiary/aromatic N) is 2. The van der Waals surface area contributed by atoms with E-state index in [0.29, 0.717) is 16.3 Å². The molecule has 0 aliphatic carbocycles. The van der Waals surface area contributed by atoms with Gasteiger partial charge < -0.3 is 0 Å². The maximum absolute atomic E-state index is 13.3. The van der Waals surface area contributed by atoms with Crippen LogP contribution in [0.4, 0.5) is 0 Å². The molecule has 3 rings (SSSR count). The summed E-state index contributed by atoms with van der Waals surface area (Å²) in [6.07, 6.45) is 0. The van der Waals surface area contributed by atoms with Crippen LogP contribution in [0.15, 0.2) is 47.5 Å². The molecule has 1 aliphatic heterocycles. The SMILES string of the molecule is Cc1ccc(C(=O)N2C(=S)C(c3ccc(C(C)(C)C)cc3)=NC2(C)C)cc1C.